The molecule has 12 nitrogen and oxygen atoms in total. The quantitative estimate of drug-likeness (QED) is 0.271. The van der Waals surface area contributed by atoms with Crippen LogP contribution in [0.5, 0.6) is 5.75 Å². The molecule has 3 N–H and O–H groups in total. The number of nitrogens with one attached hydrogen (secondary N) is 2. The van der Waals surface area contributed by atoms with Crippen molar-refractivity contribution in [2.24, 2.45) is 0 Å². The minimum atomic E-state index is -4.20. The Morgan fingerprint density at radius 2 is 1.89 bits per heavy atom. The number of aromatic amines is 1. The predicted octanol–water partition coefficient (Wildman–Crippen LogP) is 3.61. The summed E-state index contributed by atoms with van der Waals surface area (Å²) >= 11 is 0. The zero-order valence-electron chi connectivity index (χ0n) is 22.2. The highest BCUT2D eigenvalue weighted by Gasteiger charge is 2.44. The molecule has 0 bridgehead atoms. The summed E-state index contributed by atoms with van der Waals surface area (Å²) in [5.74, 6) is -0.848. The van der Waals surface area contributed by atoms with Crippen LogP contribution in [0.4, 0.5) is 0 Å². The summed E-state index contributed by atoms with van der Waals surface area (Å²) in [6.07, 6.45) is 1.24. The number of nitrogens with zero attached hydrogens (tertiary/aromatic N) is 1. The summed E-state index contributed by atoms with van der Waals surface area (Å²) in [5, 5.41) is 11.6. The van der Waals surface area contributed by atoms with Crippen LogP contribution in [-0.4, -0.2) is 47.7 Å². The first-order chi connectivity index (χ1) is 17.6. The van der Waals surface area contributed by atoms with Crippen molar-refractivity contribution in [1.82, 2.24) is 14.6 Å². The molecule has 38 heavy (non-hydrogen) atoms. The minimum Gasteiger partial charge on any atom is -0.480 e. The van der Waals surface area contributed by atoms with Crippen molar-refractivity contribution in [2.45, 2.75) is 64.2 Å². The van der Waals surface area contributed by atoms with Crippen LogP contribution >= 0.6 is 7.75 Å². The second-order valence-electron chi connectivity index (χ2n) is 10.4. The van der Waals surface area contributed by atoms with Crippen LogP contribution in [0.2, 0.25) is 18.1 Å². The van der Waals surface area contributed by atoms with Gasteiger partial charge in [0.15, 0.2) is 8.32 Å². The van der Waals surface area contributed by atoms with E-state index in [9.17, 15) is 24.1 Å². The number of carboxylic acids is 1. The standard InChI is InChI=1S/C24H34N3O9PSi/c1-16(22(29)30)26-37(32,35-17-10-8-7-9-11-17)33-15-18-14-19(36-38(5,6)24(2,3)4)21(34-18)27-13-12-20(28)25-23(27)31/h7-14,16,19,21H,15H2,1-6H3,(H,26,32)(H,29,30)(H,25,28,31)/t16?,19-,21-,37+/m1/s1. The Kier molecular flexibility index (Phi) is 8.89. The number of hydrogen-bond donors (Lipinski definition) is 3. The molecule has 1 unspecified atom stereocenters. The average Bonchev–Trinajstić information content (AvgIpc) is 3.19. The monoisotopic (exact) mass is 567 g/mol. The lowest BCUT2D eigenvalue weighted by molar-refractivity contribution is -0.138. The van der Waals surface area contributed by atoms with Gasteiger partial charge < -0.3 is 18.8 Å². The van der Waals surface area contributed by atoms with Gasteiger partial charge in [-0.05, 0) is 43.3 Å². The highest BCUT2D eigenvalue weighted by atomic mass is 31.2. The lowest BCUT2D eigenvalue weighted by Crippen LogP contribution is -2.46. The molecule has 0 aliphatic carbocycles. The molecule has 0 radical (unpaired) electrons. The van der Waals surface area contributed by atoms with Crippen molar-refractivity contribution in [3.05, 3.63) is 75.3 Å². The molecule has 208 valence electrons. The van der Waals surface area contributed by atoms with E-state index in [1.165, 1.54) is 23.8 Å². The molecule has 2 aromatic rings. The molecule has 0 saturated carbocycles. The van der Waals surface area contributed by atoms with E-state index in [1.807, 2.05) is 13.1 Å². The van der Waals surface area contributed by atoms with Crippen LogP contribution in [0.25, 0.3) is 0 Å². The first-order valence-corrected chi connectivity index (χ1v) is 16.4. The molecular weight excluding hydrogens is 533 g/mol. The van der Waals surface area contributed by atoms with Gasteiger partial charge in [-0.3, -0.25) is 23.7 Å². The zero-order chi connectivity index (χ0) is 28.3. The molecule has 2 heterocycles. The van der Waals surface area contributed by atoms with Gasteiger partial charge in [0.25, 0.3) is 5.56 Å². The number of aliphatic carboxylic acids is 1. The number of H-pyrrole nitrogens is 1. The van der Waals surface area contributed by atoms with Crippen LogP contribution in [0.3, 0.4) is 0 Å². The normalized spacial score (nSPS) is 20.2. The van der Waals surface area contributed by atoms with Gasteiger partial charge in [-0.1, -0.05) is 39.0 Å². The molecule has 1 aromatic heterocycles. The van der Waals surface area contributed by atoms with Crippen LogP contribution < -0.4 is 20.9 Å². The second-order valence-corrected chi connectivity index (χ2v) is 16.8. The Bertz CT molecular complexity index is 1330. The lowest BCUT2D eigenvalue weighted by atomic mass is 10.2. The number of carbonyl (C=O) groups is 1. The smallest absolute Gasteiger partial charge is 0.459 e. The molecular formula is C24H34N3O9PSi. The maximum atomic E-state index is 13.5. The molecule has 0 amide bonds. The first kappa shape index (κ1) is 29.6. The summed E-state index contributed by atoms with van der Waals surface area (Å²) in [5.41, 5.74) is -1.24. The van der Waals surface area contributed by atoms with Gasteiger partial charge in [0, 0.05) is 12.3 Å². The highest BCUT2D eigenvalue weighted by molar-refractivity contribution is 7.52. The van der Waals surface area contributed by atoms with E-state index in [4.69, 9.17) is 18.2 Å². The lowest BCUT2D eigenvalue weighted by Gasteiger charge is -2.39. The van der Waals surface area contributed by atoms with Crippen LogP contribution in [0.1, 0.15) is 33.9 Å². The summed E-state index contributed by atoms with van der Waals surface area (Å²) in [6.45, 7) is 11.2. The predicted molar refractivity (Wildman–Crippen MR) is 142 cm³/mol. The molecule has 0 fully saturated rings. The van der Waals surface area contributed by atoms with Crippen molar-refractivity contribution in [3.63, 3.8) is 0 Å². The molecule has 0 saturated heterocycles. The van der Waals surface area contributed by atoms with E-state index in [-0.39, 0.29) is 23.2 Å². The molecule has 1 aliphatic rings. The van der Waals surface area contributed by atoms with Crippen molar-refractivity contribution < 1.29 is 32.7 Å². The van der Waals surface area contributed by atoms with E-state index in [0.29, 0.717) is 0 Å². The number of aromatic nitrogens is 2. The van der Waals surface area contributed by atoms with Gasteiger partial charge in [-0.15, -0.1) is 0 Å². The van der Waals surface area contributed by atoms with Gasteiger partial charge >= 0.3 is 19.4 Å². The maximum Gasteiger partial charge on any atom is 0.459 e. The number of para-hydroxylation sites is 1. The SMILES string of the molecule is CC(N[P@](=O)(OCC1=C[C@@H](O[Si](C)(C)C(C)(C)C)[C@H](n2ccc(=O)[nH]c2=O)O1)Oc1ccccc1)C(=O)O. The van der Waals surface area contributed by atoms with E-state index in [0.717, 1.165) is 0 Å². The number of carboxylic acid groups (broad SMARTS) is 1. The zero-order valence-corrected chi connectivity index (χ0v) is 24.1. The van der Waals surface area contributed by atoms with Gasteiger partial charge in [0.2, 0.25) is 6.23 Å². The molecule has 1 aromatic carbocycles. The number of hydrogen-bond acceptors (Lipinski definition) is 8. The van der Waals surface area contributed by atoms with E-state index in [2.05, 4.69) is 30.8 Å². The molecule has 4 atom stereocenters. The molecule has 14 heteroatoms. The Labute approximate surface area is 221 Å². The van der Waals surface area contributed by atoms with Crippen LogP contribution in [-0.2, 0) is 23.0 Å². The van der Waals surface area contributed by atoms with E-state index >= 15 is 0 Å². The topological polar surface area (TPSA) is 158 Å². The fourth-order valence-electron chi connectivity index (χ4n) is 3.21. The third-order valence-electron chi connectivity index (χ3n) is 6.33. The van der Waals surface area contributed by atoms with Crippen molar-refractivity contribution in [3.8, 4) is 5.75 Å². The average molecular weight is 568 g/mol. The number of benzene rings is 1. The second kappa shape index (κ2) is 11.4. The highest BCUT2D eigenvalue weighted by Crippen LogP contribution is 2.46. The van der Waals surface area contributed by atoms with Crippen LogP contribution in [0, 0.1) is 0 Å². The maximum absolute atomic E-state index is 13.5. The van der Waals surface area contributed by atoms with Gasteiger partial charge in [0.05, 0.1) is 0 Å². The van der Waals surface area contributed by atoms with Crippen molar-refractivity contribution in [1.29, 1.82) is 0 Å². The van der Waals surface area contributed by atoms with Crippen LogP contribution in [0.15, 0.2) is 64.0 Å². The summed E-state index contributed by atoms with van der Waals surface area (Å²) in [4.78, 5) is 37.8. The first-order valence-electron chi connectivity index (χ1n) is 12.0. The Morgan fingerprint density at radius 3 is 2.47 bits per heavy atom. The Balaban J connectivity index is 1.88. The largest absolute Gasteiger partial charge is 0.480 e. The Hall–Kier alpha value is -2.96. The molecule has 0 spiro atoms. The fraction of sp³-hybridized carbons (Fsp3) is 0.458. The van der Waals surface area contributed by atoms with Crippen molar-refractivity contribution in [2.75, 3.05) is 6.61 Å². The van der Waals surface area contributed by atoms with Gasteiger partial charge in [-0.25, -0.2) is 9.36 Å². The summed E-state index contributed by atoms with van der Waals surface area (Å²) < 4.78 is 38.3. The summed E-state index contributed by atoms with van der Waals surface area (Å²) in [6, 6.07) is 8.12. The summed E-state index contributed by atoms with van der Waals surface area (Å²) in [7, 11) is -6.56. The molecule has 1 aliphatic heterocycles. The van der Waals surface area contributed by atoms with E-state index in [1.54, 1.807) is 36.4 Å². The third kappa shape index (κ3) is 7.33. The third-order valence-corrected chi connectivity index (χ3v) is 12.4. The number of rotatable bonds is 11. The van der Waals surface area contributed by atoms with Gasteiger partial charge in [-0.2, -0.15) is 5.09 Å². The molecule has 3 rings (SSSR count). The number of ether oxygens (including phenoxy) is 1. The fourth-order valence-corrected chi connectivity index (χ4v) is 5.89. The van der Waals surface area contributed by atoms with E-state index < -0.39 is 51.7 Å². The van der Waals surface area contributed by atoms with Gasteiger partial charge in [0.1, 0.15) is 30.3 Å². The van der Waals surface area contributed by atoms with Crippen molar-refractivity contribution >= 4 is 22.0 Å². The minimum absolute atomic E-state index is 0.156. The Morgan fingerprint density at radius 1 is 1.24 bits per heavy atom.